The van der Waals surface area contributed by atoms with Gasteiger partial charge in [-0.05, 0) is 94.4 Å². The van der Waals surface area contributed by atoms with Crippen LogP contribution in [0.3, 0.4) is 0 Å². The summed E-state index contributed by atoms with van der Waals surface area (Å²) in [5.41, 5.74) is 11.7. The second-order valence-corrected chi connectivity index (χ2v) is 14.3. The molecule has 0 N–H and O–H groups in total. The molecule has 0 saturated carbocycles. The molecule has 0 fully saturated rings. The molecule has 3 aromatic heterocycles. The molecular weight excluding hydrogens is 631 g/mol. The van der Waals surface area contributed by atoms with Gasteiger partial charge in [0.1, 0.15) is 22.3 Å². The summed E-state index contributed by atoms with van der Waals surface area (Å²) in [5.74, 6) is 0. The minimum atomic E-state index is 0.877. The molecule has 3 nitrogen and oxygen atoms in total. The van der Waals surface area contributed by atoms with Crippen LogP contribution in [0.25, 0.3) is 97.1 Å². The Morgan fingerprint density at radius 2 is 1.12 bits per heavy atom. The van der Waals surface area contributed by atoms with Gasteiger partial charge in [0.25, 0.3) is 0 Å². The third kappa shape index (κ3) is 3.48. The molecule has 11 aromatic rings. The third-order valence-electron chi connectivity index (χ3n) is 10.6. The molecule has 8 aromatic carbocycles. The van der Waals surface area contributed by atoms with E-state index in [1.807, 2.05) is 23.5 Å². The van der Waals surface area contributed by atoms with Crippen LogP contribution < -0.4 is 4.90 Å². The summed E-state index contributed by atoms with van der Waals surface area (Å²) in [7, 11) is 0. The largest absolute Gasteiger partial charge is 0.456 e. The molecule has 232 valence electrons. The Labute approximate surface area is 289 Å². The summed E-state index contributed by atoms with van der Waals surface area (Å²) in [6, 6.07) is 54.5. The molecule has 3 heterocycles. The van der Waals surface area contributed by atoms with E-state index in [0.29, 0.717) is 0 Å². The number of benzene rings is 8. The highest BCUT2D eigenvalue weighted by Gasteiger charge is 2.26. The van der Waals surface area contributed by atoms with E-state index >= 15 is 0 Å². The highest BCUT2D eigenvalue weighted by Crippen LogP contribution is 2.54. The fourth-order valence-electron chi connectivity index (χ4n) is 8.49. The number of rotatable bonds is 4. The molecule has 1 aliphatic rings. The van der Waals surface area contributed by atoms with E-state index in [0.717, 1.165) is 50.2 Å². The third-order valence-corrected chi connectivity index (χ3v) is 11.7. The first kappa shape index (κ1) is 26.6. The van der Waals surface area contributed by atoms with Gasteiger partial charge in [0, 0.05) is 70.2 Å². The van der Waals surface area contributed by atoms with E-state index in [1.165, 1.54) is 64.0 Å². The predicted octanol–water partition coefficient (Wildman–Crippen LogP) is 14.1. The Morgan fingerprint density at radius 1 is 0.400 bits per heavy atom. The van der Waals surface area contributed by atoms with E-state index in [1.54, 1.807) is 0 Å². The second kappa shape index (κ2) is 9.63. The second-order valence-electron chi connectivity index (χ2n) is 13.2. The fourth-order valence-corrected chi connectivity index (χ4v) is 9.61. The van der Waals surface area contributed by atoms with Gasteiger partial charge in [0.15, 0.2) is 0 Å². The summed E-state index contributed by atoms with van der Waals surface area (Å²) >= 11 is 1.88. The Hall–Kier alpha value is -6.36. The van der Waals surface area contributed by atoms with Crippen molar-refractivity contribution in [2.24, 2.45) is 0 Å². The molecule has 0 radical (unpaired) electrons. The molecule has 0 aliphatic heterocycles. The molecule has 4 heteroatoms. The number of furan rings is 2. The van der Waals surface area contributed by atoms with Crippen LogP contribution in [-0.2, 0) is 0 Å². The van der Waals surface area contributed by atoms with Crippen molar-refractivity contribution in [1.29, 1.82) is 0 Å². The quantitative estimate of drug-likeness (QED) is 0.189. The lowest BCUT2D eigenvalue weighted by molar-refractivity contribution is 0.668. The Morgan fingerprint density at radius 3 is 2.08 bits per heavy atom. The van der Waals surface area contributed by atoms with E-state index in [2.05, 4.69) is 144 Å². The predicted molar refractivity (Wildman–Crippen MR) is 211 cm³/mol. The maximum absolute atomic E-state index is 6.52. The van der Waals surface area contributed by atoms with Gasteiger partial charge in [-0.1, -0.05) is 78.9 Å². The van der Waals surface area contributed by atoms with Crippen molar-refractivity contribution in [3.05, 3.63) is 152 Å². The van der Waals surface area contributed by atoms with Crippen molar-refractivity contribution >= 4 is 103 Å². The van der Waals surface area contributed by atoms with Crippen LogP contribution in [0.1, 0.15) is 0 Å². The number of para-hydroxylation sites is 2. The fraction of sp³-hybridized carbons (Fsp3) is 0. The number of hydrogen-bond donors (Lipinski definition) is 0. The summed E-state index contributed by atoms with van der Waals surface area (Å²) < 4.78 is 15.5. The first-order valence-electron chi connectivity index (χ1n) is 16.9. The number of fused-ring (bicyclic) bond motifs is 4. The van der Waals surface area contributed by atoms with E-state index in [4.69, 9.17) is 8.83 Å². The molecule has 0 unspecified atom stereocenters. The van der Waals surface area contributed by atoms with Gasteiger partial charge in [0.05, 0.1) is 0 Å². The van der Waals surface area contributed by atoms with Crippen LogP contribution in [0.5, 0.6) is 0 Å². The van der Waals surface area contributed by atoms with Crippen LogP contribution in [0, 0.1) is 0 Å². The molecule has 50 heavy (non-hydrogen) atoms. The van der Waals surface area contributed by atoms with Crippen LogP contribution in [0.15, 0.2) is 160 Å². The van der Waals surface area contributed by atoms with Crippen LogP contribution in [0.2, 0.25) is 0 Å². The number of anilines is 3. The van der Waals surface area contributed by atoms with Crippen LogP contribution >= 0.6 is 11.3 Å². The van der Waals surface area contributed by atoms with Gasteiger partial charge in [0.2, 0.25) is 0 Å². The average Bonchev–Trinajstić information content (AvgIpc) is 3.83. The zero-order chi connectivity index (χ0) is 32.5. The number of nitrogens with zero attached hydrogens (tertiary/aromatic N) is 1. The first-order valence-corrected chi connectivity index (χ1v) is 17.7. The Kier molecular flexibility index (Phi) is 5.12. The van der Waals surface area contributed by atoms with Crippen molar-refractivity contribution in [1.82, 2.24) is 0 Å². The lowest BCUT2D eigenvalue weighted by Crippen LogP contribution is -2.09. The summed E-state index contributed by atoms with van der Waals surface area (Å²) in [4.78, 5) is 2.33. The van der Waals surface area contributed by atoms with E-state index in [-0.39, 0.29) is 0 Å². The maximum Gasteiger partial charge on any atom is 0.137 e. The molecule has 0 spiro atoms. The molecular formula is C46H25NO2S. The lowest BCUT2D eigenvalue weighted by Gasteiger charge is -2.26. The Bertz CT molecular complexity index is 3210. The molecule has 0 saturated heterocycles. The average molecular weight is 656 g/mol. The van der Waals surface area contributed by atoms with Crippen molar-refractivity contribution in [2.45, 2.75) is 0 Å². The van der Waals surface area contributed by atoms with Gasteiger partial charge in [-0.15, -0.1) is 11.3 Å². The minimum absolute atomic E-state index is 0.877. The summed E-state index contributed by atoms with van der Waals surface area (Å²) in [5, 5.41) is 9.92. The smallest absolute Gasteiger partial charge is 0.137 e. The SMILES string of the molecule is c1ccc(N(c2cccc(-c3ccc4sc5ccc6ccc7oc8cccc9c8c7c6c5c4c3-9)c2)c2ccc3c(c2)oc2ccccc23)cc1. The standard InChI is InChI=1S/C46H25NO2S/c1-2-9-28(10-3-1)47(30-18-19-33-32-12-4-5-14-35(32)48-38(33)25-30)29-11-6-8-27(24-29)31-20-23-40-46-42(31)34-13-7-15-36-43(34)44-37(49-36)21-16-26-17-22-39(50-40)45(46)41(26)44/h1-25H. The van der Waals surface area contributed by atoms with Gasteiger partial charge in [-0.2, -0.15) is 0 Å². The van der Waals surface area contributed by atoms with Gasteiger partial charge in [-0.3, -0.25) is 0 Å². The monoisotopic (exact) mass is 655 g/mol. The van der Waals surface area contributed by atoms with Crippen LogP contribution in [-0.4, -0.2) is 0 Å². The van der Waals surface area contributed by atoms with Crippen molar-refractivity contribution in [3.8, 4) is 22.3 Å². The van der Waals surface area contributed by atoms with Crippen LogP contribution in [0.4, 0.5) is 17.1 Å². The van der Waals surface area contributed by atoms with Gasteiger partial charge in [-0.25, -0.2) is 0 Å². The topological polar surface area (TPSA) is 29.5 Å². The van der Waals surface area contributed by atoms with Crippen molar-refractivity contribution < 1.29 is 8.83 Å². The molecule has 0 atom stereocenters. The van der Waals surface area contributed by atoms with Crippen molar-refractivity contribution in [3.63, 3.8) is 0 Å². The van der Waals surface area contributed by atoms with E-state index < -0.39 is 0 Å². The number of thiophene rings is 1. The maximum atomic E-state index is 6.52. The highest BCUT2D eigenvalue weighted by molar-refractivity contribution is 7.26. The molecule has 0 bridgehead atoms. The molecule has 1 aliphatic carbocycles. The molecule has 0 amide bonds. The highest BCUT2D eigenvalue weighted by atomic mass is 32.1. The Balaban J connectivity index is 1.13. The zero-order valence-corrected chi connectivity index (χ0v) is 27.4. The normalized spacial score (nSPS) is 12.4. The number of hydrogen-bond acceptors (Lipinski definition) is 4. The minimum Gasteiger partial charge on any atom is -0.456 e. The first-order chi connectivity index (χ1) is 24.8. The zero-order valence-electron chi connectivity index (χ0n) is 26.6. The van der Waals surface area contributed by atoms with Gasteiger partial charge < -0.3 is 13.7 Å². The lowest BCUT2D eigenvalue weighted by atomic mass is 9.90. The summed E-state index contributed by atoms with van der Waals surface area (Å²) in [6.45, 7) is 0. The van der Waals surface area contributed by atoms with Gasteiger partial charge >= 0.3 is 0 Å². The molecule has 12 rings (SSSR count). The van der Waals surface area contributed by atoms with Crippen molar-refractivity contribution in [2.75, 3.05) is 4.90 Å². The van der Waals surface area contributed by atoms with E-state index in [9.17, 15) is 0 Å². The summed E-state index contributed by atoms with van der Waals surface area (Å²) in [6.07, 6.45) is 0.